The molecule has 0 unspecified atom stereocenters. The average molecular weight is 429 g/mol. The molecule has 0 aliphatic heterocycles. The molecule has 0 N–H and O–H groups in total. The van der Waals surface area contributed by atoms with Crippen LogP contribution in [0.2, 0.25) is 0 Å². The minimum Gasteiger partial charge on any atom is -0.268 e. The van der Waals surface area contributed by atoms with Crippen molar-refractivity contribution in [2.75, 3.05) is 0 Å². The number of hydrogen-bond acceptors (Lipinski definition) is 2. The van der Waals surface area contributed by atoms with Crippen molar-refractivity contribution in [3.8, 4) is 5.69 Å². The lowest BCUT2D eigenvalue weighted by Crippen LogP contribution is -2.24. The molecule has 0 aliphatic rings. The molecule has 3 aromatic rings. The van der Waals surface area contributed by atoms with Crippen LogP contribution >= 0.6 is 43.5 Å². The summed E-state index contributed by atoms with van der Waals surface area (Å²) < 4.78 is 3.13. The summed E-state index contributed by atoms with van der Waals surface area (Å²) in [4.78, 5) is 17.3. The van der Waals surface area contributed by atoms with Crippen LogP contribution in [0, 0.1) is 0 Å². The van der Waals surface area contributed by atoms with E-state index < -0.39 is 0 Å². The van der Waals surface area contributed by atoms with Crippen molar-refractivity contribution < 1.29 is 0 Å². The molecule has 0 saturated heterocycles. The quantitative estimate of drug-likeness (QED) is 0.557. The Morgan fingerprint density at radius 2 is 1.71 bits per heavy atom. The van der Waals surface area contributed by atoms with Gasteiger partial charge in [0.2, 0.25) is 0 Å². The molecular formula is C15H9Br2ClN2O. The number of aromatic nitrogens is 2. The number of para-hydroxylation sites is 2. The zero-order valence-corrected chi connectivity index (χ0v) is 14.6. The van der Waals surface area contributed by atoms with Crippen LogP contribution in [0.5, 0.6) is 0 Å². The third-order valence-electron chi connectivity index (χ3n) is 3.13. The van der Waals surface area contributed by atoms with Gasteiger partial charge in [-0.05, 0) is 56.1 Å². The first-order valence-electron chi connectivity index (χ1n) is 6.14. The molecule has 6 heteroatoms. The monoisotopic (exact) mass is 426 g/mol. The van der Waals surface area contributed by atoms with Crippen molar-refractivity contribution >= 4 is 54.4 Å². The van der Waals surface area contributed by atoms with Crippen molar-refractivity contribution in [1.82, 2.24) is 9.55 Å². The summed E-state index contributed by atoms with van der Waals surface area (Å²) in [6, 6.07) is 12.9. The van der Waals surface area contributed by atoms with Crippen LogP contribution in [-0.4, -0.2) is 9.55 Å². The van der Waals surface area contributed by atoms with E-state index in [1.54, 1.807) is 10.6 Å². The minimum absolute atomic E-state index is 0.135. The van der Waals surface area contributed by atoms with Gasteiger partial charge in [0.1, 0.15) is 5.82 Å². The van der Waals surface area contributed by atoms with Crippen LogP contribution in [0.15, 0.2) is 56.2 Å². The van der Waals surface area contributed by atoms with Gasteiger partial charge in [-0.15, -0.1) is 11.6 Å². The summed E-state index contributed by atoms with van der Waals surface area (Å²) in [6.45, 7) is 0. The van der Waals surface area contributed by atoms with Gasteiger partial charge >= 0.3 is 0 Å². The number of nitrogens with zero attached hydrogens (tertiary/aromatic N) is 2. The van der Waals surface area contributed by atoms with Gasteiger partial charge in [0, 0.05) is 8.95 Å². The van der Waals surface area contributed by atoms with Gasteiger partial charge in [0.05, 0.1) is 22.5 Å². The van der Waals surface area contributed by atoms with Crippen molar-refractivity contribution in [2.24, 2.45) is 0 Å². The molecule has 3 nitrogen and oxygen atoms in total. The summed E-state index contributed by atoms with van der Waals surface area (Å²) in [7, 11) is 0. The molecule has 0 amide bonds. The summed E-state index contributed by atoms with van der Waals surface area (Å²) in [5.41, 5.74) is 1.22. The van der Waals surface area contributed by atoms with E-state index in [1.807, 2.05) is 36.4 Å². The van der Waals surface area contributed by atoms with Gasteiger partial charge in [-0.3, -0.25) is 9.36 Å². The summed E-state index contributed by atoms with van der Waals surface area (Å²) in [5.74, 6) is 0.654. The van der Waals surface area contributed by atoms with Gasteiger partial charge in [0.25, 0.3) is 5.56 Å². The number of benzene rings is 2. The number of alkyl halides is 1. The molecule has 21 heavy (non-hydrogen) atoms. The third-order valence-corrected chi connectivity index (χ3v) is 4.64. The maximum Gasteiger partial charge on any atom is 0.266 e. The van der Waals surface area contributed by atoms with E-state index in [4.69, 9.17) is 11.6 Å². The zero-order chi connectivity index (χ0) is 15.0. The Morgan fingerprint density at radius 3 is 2.38 bits per heavy atom. The van der Waals surface area contributed by atoms with Crippen LogP contribution in [0.25, 0.3) is 16.6 Å². The predicted octanol–water partition coefficient (Wildman–Crippen LogP) is 4.65. The molecule has 0 atom stereocenters. The second-order valence-corrected chi connectivity index (χ2v) is 6.37. The SMILES string of the molecule is O=c1c2ccccc2nc(CCl)n1-c1c(Br)cccc1Br. The molecule has 3 rings (SSSR count). The smallest absolute Gasteiger partial charge is 0.266 e. The number of hydrogen-bond donors (Lipinski definition) is 0. The maximum absolute atomic E-state index is 12.8. The lowest BCUT2D eigenvalue weighted by atomic mass is 10.2. The van der Waals surface area contributed by atoms with Gasteiger partial charge in [-0.1, -0.05) is 18.2 Å². The number of rotatable bonds is 2. The Bertz CT molecular complexity index is 872. The Hall–Kier alpha value is -1.17. The fourth-order valence-corrected chi connectivity index (χ4v) is 3.73. The fraction of sp³-hybridized carbons (Fsp3) is 0.0667. The highest BCUT2D eigenvalue weighted by Crippen LogP contribution is 2.29. The van der Waals surface area contributed by atoms with Crippen LogP contribution in [0.4, 0.5) is 0 Å². The normalized spacial score (nSPS) is 11.0. The highest BCUT2D eigenvalue weighted by Gasteiger charge is 2.16. The molecule has 0 bridgehead atoms. The van der Waals surface area contributed by atoms with E-state index in [-0.39, 0.29) is 11.4 Å². The fourth-order valence-electron chi connectivity index (χ4n) is 2.20. The molecule has 0 radical (unpaired) electrons. The van der Waals surface area contributed by atoms with E-state index in [2.05, 4.69) is 36.8 Å². The molecule has 0 aliphatic carbocycles. The largest absolute Gasteiger partial charge is 0.268 e. The lowest BCUT2D eigenvalue weighted by molar-refractivity contribution is 0.874. The Balaban J connectivity index is 2.47. The van der Waals surface area contributed by atoms with E-state index in [0.717, 1.165) is 8.95 Å². The first-order valence-corrected chi connectivity index (χ1v) is 8.26. The second kappa shape index (κ2) is 5.91. The minimum atomic E-state index is -0.135. The lowest BCUT2D eigenvalue weighted by Gasteiger charge is -2.15. The van der Waals surface area contributed by atoms with Gasteiger partial charge in [-0.25, -0.2) is 4.98 Å². The maximum atomic E-state index is 12.8. The van der Waals surface area contributed by atoms with Crippen molar-refractivity contribution in [3.05, 3.63) is 67.6 Å². The van der Waals surface area contributed by atoms with E-state index in [9.17, 15) is 4.79 Å². The van der Waals surface area contributed by atoms with Crippen LogP contribution in [0.3, 0.4) is 0 Å². The zero-order valence-electron chi connectivity index (χ0n) is 10.7. The first kappa shape index (κ1) is 14.8. The average Bonchev–Trinajstić information content (AvgIpc) is 2.49. The van der Waals surface area contributed by atoms with Crippen LogP contribution in [-0.2, 0) is 5.88 Å². The molecule has 0 fully saturated rings. The highest BCUT2D eigenvalue weighted by molar-refractivity contribution is 9.11. The van der Waals surface area contributed by atoms with Crippen LogP contribution < -0.4 is 5.56 Å². The molecule has 0 saturated carbocycles. The summed E-state index contributed by atoms with van der Waals surface area (Å²) in [6.07, 6.45) is 0. The van der Waals surface area contributed by atoms with E-state index in [0.29, 0.717) is 22.4 Å². The Kier molecular flexibility index (Phi) is 4.15. The van der Waals surface area contributed by atoms with Crippen molar-refractivity contribution in [3.63, 3.8) is 0 Å². The molecule has 1 heterocycles. The summed E-state index contributed by atoms with van der Waals surface area (Å²) in [5, 5.41) is 0.564. The Labute approximate surface area is 142 Å². The third kappa shape index (κ3) is 2.54. The highest BCUT2D eigenvalue weighted by atomic mass is 79.9. The Morgan fingerprint density at radius 1 is 1.05 bits per heavy atom. The van der Waals surface area contributed by atoms with Gasteiger partial charge in [-0.2, -0.15) is 0 Å². The molecule has 0 spiro atoms. The molecule has 1 aromatic heterocycles. The van der Waals surface area contributed by atoms with Crippen molar-refractivity contribution in [1.29, 1.82) is 0 Å². The van der Waals surface area contributed by atoms with Crippen molar-refractivity contribution in [2.45, 2.75) is 5.88 Å². The second-order valence-electron chi connectivity index (χ2n) is 4.39. The predicted molar refractivity (Wildman–Crippen MR) is 92.3 cm³/mol. The van der Waals surface area contributed by atoms with E-state index in [1.165, 1.54) is 0 Å². The number of fused-ring (bicyclic) bond motifs is 1. The topological polar surface area (TPSA) is 34.9 Å². The standard InChI is InChI=1S/C15H9Br2ClN2O/c16-10-5-3-6-11(17)14(10)20-13(8-18)19-12-7-2-1-4-9(12)15(20)21/h1-7H,8H2. The van der Waals surface area contributed by atoms with Gasteiger partial charge in [0.15, 0.2) is 0 Å². The summed E-state index contributed by atoms with van der Waals surface area (Å²) >= 11 is 13.0. The molecule has 2 aromatic carbocycles. The first-order chi connectivity index (χ1) is 10.1. The molecule has 106 valence electrons. The van der Waals surface area contributed by atoms with E-state index >= 15 is 0 Å². The van der Waals surface area contributed by atoms with Gasteiger partial charge < -0.3 is 0 Å². The number of halogens is 3. The molecular weight excluding hydrogens is 419 g/mol. The van der Waals surface area contributed by atoms with Crippen LogP contribution in [0.1, 0.15) is 5.82 Å².